The summed E-state index contributed by atoms with van der Waals surface area (Å²) in [5.74, 6) is 0.228. The van der Waals surface area contributed by atoms with Crippen LogP contribution in [-0.4, -0.2) is 36.8 Å². The normalized spacial score (nSPS) is 27.1. The van der Waals surface area contributed by atoms with E-state index in [0.717, 1.165) is 35.8 Å². The maximum Gasteiger partial charge on any atom is 0.230 e. The van der Waals surface area contributed by atoms with Crippen molar-refractivity contribution in [3.8, 4) is 0 Å². The third-order valence-corrected chi connectivity index (χ3v) is 5.40. The minimum Gasteiger partial charge on any atom is -0.391 e. The van der Waals surface area contributed by atoms with E-state index in [4.69, 9.17) is 0 Å². The van der Waals surface area contributed by atoms with Crippen LogP contribution in [0.25, 0.3) is 0 Å². The van der Waals surface area contributed by atoms with Gasteiger partial charge < -0.3 is 15.7 Å². The minimum atomic E-state index is -0.363. The van der Waals surface area contributed by atoms with E-state index in [1.54, 1.807) is 0 Å². The highest BCUT2D eigenvalue weighted by Gasteiger charge is 2.45. The van der Waals surface area contributed by atoms with Crippen LogP contribution in [0.5, 0.6) is 0 Å². The van der Waals surface area contributed by atoms with Gasteiger partial charge in [0.1, 0.15) is 0 Å². The van der Waals surface area contributed by atoms with Crippen LogP contribution in [0.1, 0.15) is 24.8 Å². The van der Waals surface area contributed by atoms with Gasteiger partial charge in [0.2, 0.25) is 5.91 Å². The van der Waals surface area contributed by atoms with Crippen molar-refractivity contribution in [1.29, 1.82) is 0 Å². The summed E-state index contributed by atoms with van der Waals surface area (Å²) in [6.07, 6.45) is 2.56. The lowest BCUT2D eigenvalue weighted by molar-refractivity contribution is -0.130. The van der Waals surface area contributed by atoms with E-state index in [1.807, 2.05) is 24.3 Å². The first-order valence-electron chi connectivity index (χ1n) is 7.55. The molecule has 1 aliphatic heterocycles. The molecular formula is C16H21BrN2O2. The van der Waals surface area contributed by atoms with Gasteiger partial charge in [-0.3, -0.25) is 4.79 Å². The van der Waals surface area contributed by atoms with Gasteiger partial charge in [0.25, 0.3) is 0 Å². The van der Waals surface area contributed by atoms with Crippen LogP contribution in [-0.2, 0) is 10.2 Å². The number of nitrogens with one attached hydrogen (secondary N) is 2. The Morgan fingerprint density at radius 1 is 1.33 bits per heavy atom. The fourth-order valence-electron chi connectivity index (χ4n) is 3.27. The average Bonchev–Trinajstić information content (AvgIpc) is 2.83. The van der Waals surface area contributed by atoms with Gasteiger partial charge in [-0.2, -0.15) is 0 Å². The Morgan fingerprint density at radius 3 is 2.57 bits per heavy atom. The van der Waals surface area contributed by atoms with Crippen LogP contribution < -0.4 is 10.6 Å². The molecule has 4 nitrogen and oxygen atoms in total. The summed E-state index contributed by atoms with van der Waals surface area (Å²) in [5, 5.41) is 16.0. The van der Waals surface area contributed by atoms with Crippen LogP contribution in [0.15, 0.2) is 28.7 Å². The predicted molar refractivity (Wildman–Crippen MR) is 85.0 cm³/mol. The molecule has 21 heavy (non-hydrogen) atoms. The summed E-state index contributed by atoms with van der Waals surface area (Å²) >= 11 is 3.44. The number of aliphatic hydroxyl groups is 1. The summed E-state index contributed by atoms with van der Waals surface area (Å²) in [5.41, 5.74) is 0.733. The van der Waals surface area contributed by atoms with Gasteiger partial charge in [0.15, 0.2) is 0 Å². The number of aliphatic hydroxyl groups excluding tert-OH is 1. The molecule has 3 rings (SSSR count). The highest BCUT2D eigenvalue weighted by Crippen LogP contribution is 2.44. The second-order valence-corrected chi connectivity index (χ2v) is 7.05. The van der Waals surface area contributed by atoms with E-state index in [2.05, 4.69) is 26.6 Å². The number of amides is 1. The number of carbonyl (C=O) groups excluding carboxylic acids is 1. The Kier molecular flexibility index (Phi) is 4.33. The van der Waals surface area contributed by atoms with Gasteiger partial charge in [-0.25, -0.2) is 0 Å². The van der Waals surface area contributed by atoms with Gasteiger partial charge in [0, 0.05) is 30.0 Å². The number of hydrogen-bond acceptors (Lipinski definition) is 3. The Labute approximate surface area is 133 Å². The monoisotopic (exact) mass is 352 g/mol. The Bertz CT molecular complexity index is 514. The van der Waals surface area contributed by atoms with Gasteiger partial charge in [0.05, 0.1) is 11.5 Å². The molecule has 1 heterocycles. The number of halogens is 1. The zero-order valence-electron chi connectivity index (χ0n) is 11.9. The van der Waals surface area contributed by atoms with Crippen molar-refractivity contribution in [2.75, 3.05) is 19.6 Å². The number of β-amino-alcohol motifs (C(OH)–C–C–N with tert-alkyl or cyclic N) is 1. The summed E-state index contributed by atoms with van der Waals surface area (Å²) in [4.78, 5) is 12.7. The topological polar surface area (TPSA) is 61.4 Å². The highest BCUT2D eigenvalue weighted by atomic mass is 79.9. The van der Waals surface area contributed by atoms with Crippen molar-refractivity contribution in [2.24, 2.45) is 5.92 Å². The number of hydrogen-bond donors (Lipinski definition) is 3. The lowest BCUT2D eigenvalue weighted by Gasteiger charge is -2.41. The molecule has 1 amide bonds. The fraction of sp³-hybridized carbons (Fsp3) is 0.562. The highest BCUT2D eigenvalue weighted by molar-refractivity contribution is 9.10. The summed E-state index contributed by atoms with van der Waals surface area (Å²) in [6, 6.07) is 8.06. The molecule has 1 aliphatic carbocycles. The first-order chi connectivity index (χ1) is 10.1. The first kappa shape index (κ1) is 15.0. The molecule has 5 heteroatoms. The SMILES string of the molecule is O=C(NCC1CNCC1O)C1(c2ccc(Br)cc2)CCC1. The number of benzene rings is 1. The van der Waals surface area contributed by atoms with Gasteiger partial charge in [-0.05, 0) is 30.5 Å². The molecular weight excluding hydrogens is 332 g/mol. The largest absolute Gasteiger partial charge is 0.391 e. The van der Waals surface area contributed by atoms with Crippen molar-refractivity contribution >= 4 is 21.8 Å². The van der Waals surface area contributed by atoms with Crippen LogP contribution >= 0.6 is 15.9 Å². The van der Waals surface area contributed by atoms with E-state index in [-0.39, 0.29) is 23.3 Å². The molecule has 1 saturated heterocycles. The van der Waals surface area contributed by atoms with Crippen molar-refractivity contribution in [3.05, 3.63) is 34.3 Å². The molecule has 0 aromatic heterocycles. The molecule has 0 spiro atoms. The predicted octanol–water partition coefficient (Wildman–Crippen LogP) is 1.57. The second-order valence-electron chi connectivity index (χ2n) is 6.14. The van der Waals surface area contributed by atoms with E-state index in [9.17, 15) is 9.90 Å². The quantitative estimate of drug-likeness (QED) is 0.770. The molecule has 1 aromatic rings. The van der Waals surface area contributed by atoms with E-state index in [1.165, 1.54) is 0 Å². The van der Waals surface area contributed by atoms with Crippen LogP contribution in [0.3, 0.4) is 0 Å². The van der Waals surface area contributed by atoms with Crippen LogP contribution in [0, 0.1) is 5.92 Å². The van der Waals surface area contributed by atoms with Crippen molar-refractivity contribution < 1.29 is 9.90 Å². The second kappa shape index (κ2) is 6.07. The lowest BCUT2D eigenvalue weighted by atomic mass is 9.64. The molecule has 114 valence electrons. The maximum absolute atomic E-state index is 12.7. The molecule has 2 unspecified atom stereocenters. The first-order valence-corrected chi connectivity index (χ1v) is 8.34. The van der Waals surface area contributed by atoms with Crippen molar-refractivity contribution in [2.45, 2.75) is 30.8 Å². The van der Waals surface area contributed by atoms with Gasteiger partial charge >= 0.3 is 0 Å². The van der Waals surface area contributed by atoms with E-state index < -0.39 is 0 Å². The van der Waals surface area contributed by atoms with Crippen LogP contribution in [0.4, 0.5) is 0 Å². The fourth-order valence-corrected chi connectivity index (χ4v) is 3.53. The maximum atomic E-state index is 12.7. The summed E-state index contributed by atoms with van der Waals surface area (Å²) in [7, 11) is 0. The Morgan fingerprint density at radius 2 is 2.05 bits per heavy atom. The molecule has 0 bridgehead atoms. The van der Waals surface area contributed by atoms with E-state index >= 15 is 0 Å². The molecule has 1 saturated carbocycles. The van der Waals surface area contributed by atoms with Crippen LogP contribution in [0.2, 0.25) is 0 Å². The third kappa shape index (κ3) is 2.87. The van der Waals surface area contributed by atoms with Gasteiger partial charge in [-0.15, -0.1) is 0 Å². The summed E-state index contributed by atoms with van der Waals surface area (Å²) < 4.78 is 1.03. The lowest BCUT2D eigenvalue weighted by Crippen LogP contribution is -2.50. The van der Waals surface area contributed by atoms with Crippen molar-refractivity contribution in [3.63, 3.8) is 0 Å². The van der Waals surface area contributed by atoms with Gasteiger partial charge in [-0.1, -0.05) is 34.5 Å². The number of rotatable bonds is 4. The Hall–Kier alpha value is -0.910. The zero-order chi connectivity index (χ0) is 14.9. The number of carbonyl (C=O) groups is 1. The molecule has 1 aromatic carbocycles. The molecule has 0 radical (unpaired) electrons. The average molecular weight is 353 g/mol. The molecule has 2 fully saturated rings. The molecule has 2 atom stereocenters. The molecule has 2 aliphatic rings. The summed E-state index contributed by atoms with van der Waals surface area (Å²) in [6.45, 7) is 1.94. The Balaban J connectivity index is 1.67. The zero-order valence-corrected chi connectivity index (χ0v) is 13.5. The van der Waals surface area contributed by atoms with Crippen molar-refractivity contribution in [1.82, 2.24) is 10.6 Å². The smallest absolute Gasteiger partial charge is 0.230 e. The molecule has 3 N–H and O–H groups in total. The standard InChI is InChI=1S/C16H21BrN2O2/c17-13-4-2-12(3-5-13)16(6-1-7-16)15(21)19-9-11-8-18-10-14(11)20/h2-5,11,14,18,20H,1,6-10H2,(H,19,21). The van der Waals surface area contributed by atoms with E-state index in [0.29, 0.717) is 13.1 Å². The third-order valence-electron chi connectivity index (χ3n) is 4.87. The minimum absolute atomic E-state index is 0.107.